The molecule has 0 spiro atoms. The Balaban J connectivity index is 1.77. The molecule has 1 fully saturated rings. The minimum Gasteiger partial charge on any atom is -0.331 e. The second kappa shape index (κ2) is 6.01. The average molecular weight is 300 g/mol. The third-order valence-electron chi connectivity index (χ3n) is 4.54. The van der Waals surface area contributed by atoms with Crippen LogP contribution in [0.15, 0.2) is 18.2 Å². The zero-order valence-electron chi connectivity index (χ0n) is 14.3. The van der Waals surface area contributed by atoms with E-state index in [4.69, 9.17) is 4.98 Å². The lowest BCUT2D eigenvalue weighted by molar-refractivity contribution is 0.244. The summed E-state index contributed by atoms with van der Waals surface area (Å²) in [5.41, 5.74) is 3.83. The monoisotopic (exact) mass is 300 g/mol. The van der Waals surface area contributed by atoms with E-state index in [0.29, 0.717) is 0 Å². The Bertz CT molecular complexity index is 645. The number of hydrogen-bond donors (Lipinski definition) is 1. The molecule has 4 heteroatoms. The molecule has 0 atom stereocenters. The molecule has 1 N–H and O–H groups in total. The smallest absolute Gasteiger partial charge is 0.115 e. The van der Waals surface area contributed by atoms with Gasteiger partial charge in [-0.05, 0) is 24.1 Å². The first-order chi connectivity index (χ1) is 10.4. The first-order valence-electron chi connectivity index (χ1n) is 8.34. The van der Waals surface area contributed by atoms with Crippen LogP contribution in [0.1, 0.15) is 32.2 Å². The van der Waals surface area contributed by atoms with Crippen molar-refractivity contribution in [3.8, 4) is 0 Å². The van der Waals surface area contributed by atoms with Crippen molar-refractivity contribution in [3.05, 3.63) is 29.6 Å². The third-order valence-corrected chi connectivity index (χ3v) is 4.54. The first-order valence-corrected chi connectivity index (χ1v) is 8.34. The number of benzene rings is 1. The van der Waals surface area contributed by atoms with E-state index in [0.717, 1.165) is 37.4 Å². The Morgan fingerprint density at radius 3 is 2.59 bits per heavy atom. The summed E-state index contributed by atoms with van der Waals surface area (Å²) in [5.74, 6) is 1.15. The van der Waals surface area contributed by atoms with Crippen molar-refractivity contribution in [2.24, 2.45) is 7.05 Å². The molecule has 2 heterocycles. The van der Waals surface area contributed by atoms with E-state index in [1.807, 2.05) is 0 Å². The van der Waals surface area contributed by atoms with Gasteiger partial charge in [-0.25, -0.2) is 4.98 Å². The van der Waals surface area contributed by atoms with E-state index < -0.39 is 0 Å². The van der Waals surface area contributed by atoms with Crippen molar-refractivity contribution in [1.82, 2.24) is 19.8 Å². The minimum absolute atomic E-state index is 0.0781. The third kappa shape index (κ3) is 3.18. The lowest BCUT2D eigenvalue weighted by Crippen LogP contribution is -2.44. The van der Waals surface area contributed by atoms with Crippen LogP contribution in [0.5, 0.6) is 0 Å². The van der Waals surface area contributed by atoms with Crippen molar-refractivity contribution in [2.75, 3.05) is 32.7 Å². The molecule has 22 heavy (non-hydrogen) atoms. The number of nitrogens with zero attached hydrogens (tertiary/aromatic N) is 3. The predicted octanol–water partition coefficient (Wildman–Crippen LogP) is 2.32. The van der Waals surface area contributed by atoms with Crippen LogP contribution in [0.4, 0.5) is 0 Å². The van der Waals surface area contributed by atoms with Gasteiger partial charge in [-0.15, -0.1) is 0 Å². The van der Waals surface area contributed by atoms with Gasteiger partial charge in [0.05, 0.1) is 11.0 Å². The van der Waals surface area contributed by atoms with E-state index in [2.05, 4.69) is 60.8 Å². The van der Waals surface area contributed by atoms with Crippen LogP contribution in [-0.4, -0.2) is 47.2 Å². The summed E-state index contributed by atoms with van der Waals surface area (Å²) in [5, 5.41) is 3.41. The van der Waals surface area contributed by atoms with Gasteiger partial charge in [-0.1, -0.05) is 26.8 Å². The number of aryl methyl sites for hydroxylation is 1. The summed E-state index contributed by atoms with van der Waals surface area (Å²) in [6, 6.07) is 6.76. The van der Waals surface area contributed by atoms with Gasteiger partial charge in [-0.3, -0.25) is 0 Å². The molecule has 0 amide bonds. The standard InChI is InChI=1S/C18H28N4/c1-18(2,3)17-20-15-13-14(5-6-16(15)21(17)4)7-10-22-11-8-19-9-12-22/h5-6,13,19H,7-12H2,1-4H3. The quantitative estimate of drug-likeness (QED) is 0.944. The van der Waals surface area contributed by atoms with Gasteiger partial charge < -0.3 is 14.8 Å². The summed E-state index contributed by atoms with van der Waals surface area (Å²) in [7, 11) is 2.12. The second-order valence-electron chi connectivity index (χ2n) is 7.41. The van der Waals surface area contributed by atoms with Gasteiger partial charge in [0.15, 0.2) is 0 Å². The maximum atomic E-state index is 4.88. The van der Waals surface area contributed by atoms with Crippen molar-refractivity contribution in [3.63, 3.8) is 0 Å². The lowest BCUT2D eigenvalue weighted by Gasteiger charge is -2.27. The molecule has 1 aromatic heterocycles. The van der Waals surface area contributed by atoms with Gasteiger partial charge >= 0.3 is 0 Å². The number of rotatable bonds is 3. The molecule has 0 radical (unpaired) electrons. The number of fused-ring (bicyclic) bond motifs is 1. The van der Waals surface area contributed by atoms with E-state index >= 15 is 0 Å². The van der Waals surface area contributed by atoms with Gasteiger partial charge in [0.25, 0.3) is 0 Å². The Morgan fingerprint density at radius 2 is 1.91 bits per heavy atom. The zero-order chi connectivity index (χ0) is 15.7. The zero-order valence-corrected chi connectivity index (χ0v) is 14.3. The van der Waals surface area contributed by atoms with Crippen LogP contribution in [0.25, 0.3) is 11.0 Å². The van der Waals surface area contributed by atoms with Crippen molar-refractivity contribution < 1.29 is 0 Å². The summed E-state index contributed by atoms with van der Waals surface area (Å²) in [6.07, 6.45) is 1.11. The first kappa shape index (κ1) is 15.5. The second-order valence-corrected chi connectivity index (χ2v) is 7.41. The SMILES string of the molecule is Cn1c(C(C)(C)C)nc2cc(CCN3CCNCC3)ccc21. The highest BCUT2D eigenvalue weighted by atomic mass is 15.2. The van der Waals surface area contributed by atoms with Crippen LogP contribution in [-0.2, 0) is 18.9 Å². The maximum absolute atomic E-state index is 4.88. The Morgan fingerprint density at radius 1 is 1.18 bits per heavy atom. The van der Waals surface area contributed by atoms with Gasteiger partial charge in [-0.2, -0.15) is 0 Å². The van der Waals surface area contributed by atoms with Crippen LogP contribution in [0.2, 0.25) is 0 Å². The van der Waals surface area contributed by atoms with Crippen molar-refractivity contribution in [2.45, 2.75) is 32.6 Å². The molecule has 3 rings (SSSR count). The fourth-order valence-electron chi connectivity index (χ4n) is 3.29. The Kier molecular flexibility index (Phi) is 4.24. The number of hydrogen-bond acceptors (Lipinski definition) is 3. The molecule has 0 unspecified atom stereocenters. The Hall–Kier alpha value is -1.39. The lowest BCUT2D eigenvalue weighted by atomic mass is 9.96. The van der Waals surface area contributed by atoms with Crippen LogP contribution < -0.4 is 5.32 Å². The highest BCUT2D eigenvalue weighted by Gasteiger charge is 2.21. The normalized spacial score (nSPS) is 17.3. The van der Waals surface area contributed by atoms with Crippen LogP contribution >= 0.6 is 0 Å². The highest BCUT2D eigenvalue weighted by Crippen LogP contribution is 2.25. The molecular formula is C18H28N4. The molecule has 1 saturated heterocycles. The molecule has 0 aliphatic carbocycles. The number of nitrogens with one attached hydrogen (secondary N) is 1. The van der Waals surface area contributed by atoms with E-state index in [1.165, 1.54) is 24.2 Å². The van der Waals surface area contributed by atoms with Gasteiger partial charge in [0.2, 0.25) is 0 Å². The Labute approximate surface area is 133 Å². The molecule has 120 valence electrons. The summed E-state index contributed by atoms with van der Waals surface area (Å²) in [4.78, 5) is 7.42. The number of aromatic nitrogens is 2. The fraction of sp³-hybridized carbons (Fsp3) is 0.611. The molecule has 1 aliphatic rings. The fourth-order valence-corrected chi connectivity index (χ4v) is 3.29. The topological polar surface area (TPSA) is 33.1 Å². The van der Waals surface area contributed by atoms with Crippen LogP contribution in [0.3, 0.4) is 0 Å². The number of piperazine rings is 1. The predicted molar refractivity (Wildman–Crippen MR) is 92.4 cm³/mol. The molecule has 4 nitrogen and oxygen atoms in total. The van der Waals surface area contributed by atoms with Crippen molar-refractivity contribution in [1.29, 1.82) is 0 Å². The summed E-state index contributed by atoms with van der Waals surface area (Å²) in [6.45, 7) is 12.4. The van der Waals surface area contributed by atoms with E-state index in [1.54, 1.807) is 0 Å². The van der Waals surface area contributed by atoms with Crippen molar-refractivity contribution >= 4 is 11.0 Å². The minimum atomic E-state index is 0.0781. The molecular weight excluding hydrogens is 272 g/mol. The maximum Gasteiger partial charge on any atom is 0.115 e. The average Bonchev–Trinajstić information content (AvgIpc) is 2.83. The van der Waals surface area contributed by atoms with E-state index in [-0.39, 0.29) is 5.41 Å². The summed E-state index contributed by atoms with van der Waals surface area (Å²) >= 11 is 0. The largest absolute Gasteiger partial charge is 0.331 e. The van der Waals surface area contributed by atoms with E-state index in [9.17, 15) is 0 Å². The molecule has 2 aromatic rings. The number of imidazole rings is 1. The molecule has 1 aromatic carbocycles. The molecule has 0 bridgehead atoms. The highest BCUT2D eigenvalue weighted by molar-refractivity contribution is 5.77. The summed E-state index contributed by atoms with van der Waals surface area (Å²) < 4.78 is 2.23. The van der Waals surface area contributed by atoms with Crippen LogP contribution in [0, 0.1) is 0 Å². The molecule has 1 aliphatic heterocycles. The van der Waals surface area contributed by atoms with Gasteiger partial charge in [0.1, 0.15) is 5.82 Å². The molecule has 0 saturated carbocycles. The van der Waals surface area contributed by atoms with Gasteiger partial charge in [0, 0.05) is 45.2 Å².